The maximum atomic E-state index is 14.0. The van der Waals surface area contributed by atoms with Crippen LogP contribution in [0.25, 0.3) is 0 Å². The molecule has 0 aliphatic heterocycles. The van der Waals surface area contributed by atoms with Gasteiger partial charge < -0.3 is 20.1 Å². The van der Waals surface area contributed by atoms with E-state index < -0.39 is 5.82 Å². The van der Waals surface area contributed by atoms with Crippen LogP contribution in [0, 0.1) is 12.2 Å². The summed E-state index contributed by atoms with van der Waals surface area (Å²) in [5.41, 5.74) is 0.799. The highest BCUT2D eigenvalue weighted by Gasteiger charge is 2.16. The van der Waals surface area contributed by atoms with Crippen LogP contribution < -0.4 is 15.4 Å². The molecule has 1 saturated carbocycles. The summed E-state index contributed by atoms with van der Waals surface area (Å²) in [6.45, 7) is 1.04. The number of nitrogens with zero attached hydrogens (tertiary/aromatic N) is 2. The molecule has 1 aromatic heterocycles. The molecule has 7 heteroatoms. The summed E-state index contributed by atoms with van der Waals surface area (Å²) >= 11 is 0. The lowest BCUT2D eigenvalue weighted by atomic mass is 9.95. The number of benzene rings is 1. The van der Waals surface area contributed by atoms with Gasteiger partial charge in [-0.3, -0.25) is 0 Å². The third-order valence-corrected chi connectivity index (χ3v) is 4.16. The Hall–Kier alpha value is -2.41. The minimum atomic E-state index is -0.442. The fourth-order valence-electron chi connectivity index (χ4n) is 2.80. The summed E-state index contributed by atoms with van der Waals surface area (Å²) < 4.78 is 24.5. The molecule has 0 saturated heterocycles. The summed E-state index contributed by atoms with van der Waals surface area (Å²) in [7, 11) is 1.63. The molecule has 6 nitrogen and oxygen atoms in total. The van der Waals surface area contributed by atoms with Crippen molar-refractivity contribution in [1.29, 1.82) is 0 Å². The van der Waals surface area contributed by atoms with Crippen LogP contribution in [0.15, 0.2) is 30.5 Å². The molecule has 1 radical (unpaired) electrons. The Balaban J connectivity index is 1.61. The lowest BCUT2D eigenvalue weighted by Crippen LogP contribution is -2.24. The van der Waals surface area contributed by atoms with E-state index in [9.17, 15) is 4.39 Å². The Labute approximate surface area is 153 Å². The fraction of sp³-hybridized carbons (Fsp3) is 0.421. The van der Waals surface area contributed by atoms with Gasteiger partial charge in [0.15, 0.2) is 11.6 Å². The van der Waals surface area contributed by atoms with Crippen molar-refractivity contribution < 1.29 is 13.9 Å². The normalized spacial score (nSPS) is 14.8. The van der Waals surface area contributed by atoms with E-state index >= 15 is 0 Å². The predicted octanol–water partition coefficient (Wildman–Crippen LogP) is 3.94. The largest absolute Gasteiger partial charge is 0.491 e. The average molecular weight is 359 g/mol. The number of hydrogen-bond donors (Lipinski definition) is 2. The Morgan fingerprint density at radius 3 is 2.81 bits per heavy atom. The molecule has 1 fully saturated rings. The lowest BCUT2D eigenvalue weighted by molar-refractivity contribution is 0.146. The first-order valence-electron chi connectivity index (χ1n) is 8.84. The first-order chi connectivity index (χ1) is 12.7. The van der Waals surface area contributed by atoms with Crippen molar-refractivity contribution in [3.05, 3.63) is 42.7 Å². The van der Waals surface area contributed by atoms with Gasteiger partial charge in [0.2, 0.25) is 5.95 Å². The van der Waals surface area contributed by atoms with Crippen LogP contribution in [0.3, 0.4) is 0 Å². The number of rotatable bonds is 8. The smallest absolute Gasteiger partial charge is 0.229 e. The zero-order chi connectivity index (χ0) is 18.2. The lowest BCUT2D eigenvalue weighted by Gasteiger charge is -2.23. The zero-order valence-corrected chi connectivity index (χ0v) is 14.9. The topological polar surface area (TPSA) is 68.3 Å². The zero-order valence-electron chi connectivity index (χ0n) is 14.9. The van der Waals surface area contributed by atoms with E-state index in [0.29, 0.717) is 19.2 Å². The molecule has 0 bridgehead atoms. The van der Waals surface area contributed by atoms with Crippen molar-refractivity contribution in [2.24, 2.45) is 0 Å². The second-order valence-corrected chi connectivity index (χ2v) is 6.18. The summed E-state index contributed by atoms with van der Waals surface area (Å²) in [6, 6.07) is 7.64. The van der Waals surface area contributed by atoms with E-state index in [1.807, 2.05) is 24.3 Å². The van der Waals surface area contributed by atoms with E-state index in [2.05, 4.69) is 27.0 Å². The first kappa shape index (κ1) is 18.4. The van der Waals surface area contributed by atoms with Crippen LogP contribution in [0.5, 0.6) is 5.75 Å². The third kappa shape index (κ3) is 5.29. The van der Waals surface area contributed by atoms with Crippen molar-refractivity contribution in [3.63, 3.8) is 0 Å². The molecular weight excluding hydrogens is 335 g/mol. The molecule has 0 spiro atoms. The van der Waals surface area contributed by atoms with Gasteiger partial charge in [0.05, 0.1) is 12.8 Å². The second-order valence-electron chi connectivity index (χ2n) is 6.18. The van der Waals surface area contributed by atoms with E-state index in [4.69, 9.17) is 9.47 Å². The number of methoxy groups -OCH3 is 1. The van der Waals surface area contributed by atoms with E-state index in [-0.39, 0.29) is 11.9 Å². The molecule has 0 amide bonds. The standard InChI is InChI=1S/C19H24FN4O2/c1-25-11-12-26-16-9-7-15(8-10-16)23-19-21-13-17(20)18(24-19)22-14-5-3-2-4-6-14/h3,7-10,13-14H,2,4-6,11-12H2,1H3,(H2,21,22,23,24). The Bertz CT molecular complexity index is 690. The van der Waals surface area contributed by atoms with Crippen LogP contribution in [-0.2, 0) is 4.74 Å². The minimum absolute atomic E-state index is 0.226. The SMILES string of the molecule is COCCOc1ccc(Nc2ncc(F)c(NC3C[CH]CCC3)n2)cc1. The highest BCUT2D eigenvalue weighted by atomic mass is 19.1. The summed E-state index contributed by atoms with van der Waals surface area (Å²) in [4.78, 5) is 8.29. The average Bonchev–Trinajstić information content (AvgIpc) is 2.67. The molecule has 139 valence electrons. The number of halogens is 1. The van der Waals surface area contributed by atoms with Crippen molar-refractivity contribution in [2.75, 3.05) is 31.0 Å². The molecular formula is C19H24FN4O2. The highest BCUT2D eigenvalue weighted by Crippen LogP contribution is 2.23. The number of aromatic nitrogens is 2. The molecule has 1 atom stereocenters. The van der Waals surface area contributed by atoms with Gasteiger partial charge in [-0.05, 0) is 43.5 Å². The molecule has 1 heterocycles. The van der Waals surface area contributed by atoms with Crippen LogP contribution in [0.4, 0.5) is 21.8 Å². The Morgan fingerprint density at radius 1 is 1.23 bits per heavy atom. The third-order valence-electron chi connectivity index (χ3n) is 4.16. The molecule has 2 N–H and O–H groups in total. The van der Waals surface area contributed by atoms with E-state index in [1.54, 1.807) is 7.11 Å². The Kier molecular flexibility index (Phi) is 6.60. The monoisotopic (exact) mass is 359 g/mol. The van der Waals surface area contributed by atoms with Crippen LogP contribution in [0.1, 0.15) is 25.7 Å². The van der Waals surface area contributed by atoms with Gasteiger partial charge in [0.25, 0.3) is 0 Å². The first-order valence-corrected chi connectivity index (χ1v) is 8.84. The van der Waals surface area contributed by atoms with Crippen LogP contribution in [0.2, 0.25) is 0 Å². The predicted molar refractivity (Wildman–Crippen MR) is 99.3 cm³/mol. The molecule has 26 heavy (non-hydrogen) atoms. The van der Waals surface area contributed by atoms with Gasteiger partial charge in [-0.1, -0.05) is 12.8 Å². The van der Waals surface area contributed by atoms with E-state index in [1.165, 1.54) is 6.20 Å². The number of nitrogens with one attached hydrogen (secondary N) is 2. The van der Waals surface area contributed by atoms with Crippen molar-refractivity contribution in [2.45, 2.75) is 31.7 Å². The summed E-state index contributed by atoms with van der Waals surface area (Å²) in [6.07, 6.45) is 7.61. The fourth-order valence-corrected chi connectivity index (χ4v) is 2.80. The Morgan fingerprint density at radius 2 is 2.08 bits per heavy atom. The van der Waals surface area contributed by atoms with Gasteiger partial charge in [0, 0.05) is 18.8 Å². The van der Waals surface area contributed by atoms with Gasteiger partial charge >= 0.3 is 0 Å². The quantitative estimate of drug-likeness (QED) is 0.696. The maximum Gasteiger partial charge on any atom is 0.229 e. The molecule has 3 rings (SSSR count). The van der Waals surface area contributed by atoms with Gasteiger partial charge in [-0.25, -0.2) is 9.37 Å². The van der Waals surface area contributed by atoms with Gasteiger partial charge in [0.1, 0.15) is 12.4 Å². The van der Waals surface area contributed by atoms with E-state index in [0.717, 1.165) is 37.1 Å². The van der Waals surface area contributed by atoms with Crippen LogP contribution >= 0.6 is 0 Å². The van der Waals surface area contributed by atoms with Crippen molar-refractivity contribution in [1.82, 2.24) is 9.97 Å². The highest BCUT2D eigenvalue weighted by molar-refractivity contribution is 5.56. The van der Waals surface area contributed by atoms with Gasteiger partial charge in [-0.15, -0.1) is 0 Å². The number of ether oxygens (including phenoxy) is 2. The summed E-state index contributed by atoms with van der Waals surface area (Å²) in [5, 5.41) is 6.27. The van der Waals surface area contributed by atoms with Crippen molar-refractivity contribution in [3.8, 4) is 5.75 Å². The molecule has 1 aromatic carbocycles. The van der Waals surface area contributed by atoms with Crippen molar-refractivity contribution >= 4 is 17.5 Å². The second kappa shape index (κ2) is 9.33. The molecule has 1 aliphatic carbocycles. The molecule has 1 aliphatic rings. The molecule has 1 unspecified atom stereocenters. The summed E-state index contributed by atoms with van der Waals surface area (Å²) in [5.74, 6) is 0.899. The van der Waals surface area contributed by atoms with Gasteiger partial charge in [-0.2, -0.15) is 4.98 Å². The molecule has 2 aromatic rings. The number of anilines is 3. The number of hydrogen-bond acceptors (Lipinski definition) is 6. The minimum Gasteiger partial charge on any atom is -0.491 e. The maximum absolute atomic E-state index is 14.0. The van der Waals surface area contributed by atoms with Crippen LogP contribution in [-0.4, -0.2) is 36.3 Å².